The predicted molar refractivity (Wildman–Crippen MR) is 76.9 cm³/mol. The fourth-order valence-corrected chi connectivity index (χ4v) is 4.42. The van der Waals surface area contributed by atoms with Crippen molar-refractivity contribution >= 4 is 5.91 Å². The lowest BCUT2D eigenvalue weighted by Crippen LogP contribution is -2.49. The van der Waals surface area contributed by atoms with E-state index in [0.29, 0.717) is 17.9 Å². The Labute approximate surface area is 117 Å². The molecule has 19 heavy (non-hydrogen) atoms. The summed E-state index contributed by atoms with van der Waals surface area (Å²) in [6.07, 6.45) is 10.5. The molecule has 3 atom stereocenters. The molecule has 1 aliphatic carbocycles. The molecule has 2 heterocycles. The maximum Gasteiger partial charge on any atom is 0.240 e. The number of nitrogens with one attached hydrogen (secondary N) is 1. The molecule has 3 rings (SSSR count). The molecule has 3 heteroatoms. The van der Waals surface area contributed by atoms with E-state index in [0.717, 1.165) is 25.4 Å². The van der Waals surface area contributed by atoms with Crippen LogP contribution in [0.15, 0.2) is 0 Å². The van der Waals surface area contributed by atoms with Gasteiger partial charge >= 0.3 is 0 Å². The minimum absolute atomic E-state index is 0.101. The maximum atomic E-state index is 12.8. The second-order valence-electron chi connectivity index (χ2n) is 6.84. The molecule has 3 nitrogen and oxygen atoms in total. The van der Waals surface area contributed by atoms with E-state index in [-0.39, 0.29) is 6.04 Å². The minimum Gasteiger partial charge on any atom is -0.338 e. The maximum absolute atomic E-state index is 12.8. The highest BCUT2D eigenvalue weighted by Gasteiger charge is 2.40. The number of rotatable bonds is 2. The Bertz CT molecular complexity index is 325. The van der Waals surface area contributed by atoms with Gasteiger partial charge in [0.25, 0.3) is 0 Å². The van der Waals surface area contributed by atoms with Crippen LogP contribution in [0, 0.1) is 11.8 Å². The van der Waals surface area contributed by atoms with Crippen LogP contribution in [0.5, 0.6) is 0 Å². The first-order valence-corrected chi connectivity index (χ1v) is 8.31. The first-order chi connectivity index (χ1) is 9.27. The highest BCUT2D eigenvalue weighted by molar-refractivity contribution is 5.83. The molecule has 108 valence electrons. The smallest absolute Gasteiger partial charge is 0.240 e. The van der Waals surface area contributed by atoms with Gasteiger partial charge in [-0.15, -0.1) is 0 Å². The number of hydrogen-bond acceptors (Lipinski definition) is 2. The van der Waals surface area contributed by atoms with Crippen molar-refractivity contribution in [3.05, 3.63) is 0 Å². The normalized spacial score (nSPS) is 36.9. The molecule has 0 aromatic heterocycles. The van der Waals surface area contributed by atoms with Crippen molar-refractivity contribution < 1.29 is 4.79 Å². The van der Waals surface area contributed by atoms with Gasteiger partial charge in [-0.2, -0.15) is 0 Å². The van der Waals surface area contributed by atoms with Gasteiger partial charge in [-0.25, -0.2) is 0 Å². The summed E-state index contributed by atoms with van der Waals surface area (Å²) in [6, 6.07) is 0.659. The molecule has 0 aromatic carbocycles. The number of hydrogen-bond donors (Lipinski definition) is 1. The van der Waals surface area contributed by atoms with Gasteiger partial charge in [-0.05, 0) is 50.5 Å². The van der Waals surface area contributed by atoms with Crippen molar-refractivity contribution in [2.75, 3.05) is 13.1 Å². The van der Waals surface area contributed by atoms with Crippen molar-refractivity contribution in [2.45, 2.75) is 70.4 Å². The Balaban J connectivity index is 1.66. The molecule has 1 amide bonds. The molecule has 0 bridgehead atoms. The zero-order chi connectivity index (χ0) is 13.2. The number of carbonyl (C=O) groups is 1. The van der Waals surface area contributed by atoms with Gasteiger partial charge in [-0.3, -0.25) is 4.79 Å². The van der Waals surface area contributed by atoms with Gasteiger partial charge in [-0.1, -0.05) is 26.2 Å². The van der Waals surface area contributed by atoms with Crippen molar-refractivity contribution in [2.24, 2.45) is 11.8 Å². The van der Waals surface area contributed by atoms with Crippen molar-refractivity contribution in [3.63, 3.8) is 0 Å². The van der Waals surface area contributed by atoms with E-state index in [1.807, 2.05) is 0 Å². The molecular weight excluding hydrogens is 236 g/mol. The van der Waals surface area contributed by atoms with Crippen LogP contribution in [0.3, 0.4) is 0 Å². The largest absolute Gasteiger partial charge is 0.338 e. The summed E-state index contributed by atoms with van der Waals surface area (Å²) in [4.78, 5) is 15.0. The van der Waals surface area contributed by atoms with Gasteiger partial charge in [0.1, 0.15) is 0 Å². The van der Waals surface area contributed by atoms with Crippen molar-refractivity contribution in [1.29, 1.82) is 0 Å². The Morgan fingerprint density at radius 3 is 2.53 bits per heavy atom. The average Bonchev–Trinajstić information content (AvgIpc) is 3.07. The van der Waals surface area contributed by atoms with E-state index in [4.69, 9.17) is 0 Å². The molecule has 0 spiro atoms. The highest BCUT2D eigenvalue weighted by atomic mass is 16.2. The van der Waals surface area contributed by atoms with E-state index in [9.17, 15) is 4.79 Å². The lowest BCUT2D eigenvalue weighted by molar-refractivity contribution is -0.136. The molecule has 1 N–H and O–H groups in total. The van der Waals surface area contributed by atoms with Crippen LogP contribution >= 0.6 is 0 Å². The van der Waals surface area contributed by atoms with E-state index in [1.165, 1.54) is 44.9 Å². The summed E-state index contributed by atoms with van der Waals surface area (Å²) in [6.45, 7) is 4.23. The number of carbonyl (C=O) groups excluding carboxylic acids is 1. The third kappa shape index (κ3) is 2.67. The topological polar surface area (TPSA) is 32.3 Å². The van der Waals surface area contributed by atoms with Crippen LogP contribution in [0.2, 0.25) is 0 Å². The van der Waals surface area contributed by atoms with Crippen LogP contribution in [0.1, 0.15) is 58.3 Å². The number of amides is 1. The average molecular weight is 264 g/mol. The fraction of sp³-hybridized carbons (Fsp3) is 0.938. The van der Waals surface area contributed by atoms with Gasteiger partial charge in [0, 0.05) is 12.6 Å². The van der Waals surface area contributed by atoms with Crippen LogP contribution in [-0.2, 0) is 4.79 Å². The molecule has 1 saturated carbocycles. The minimum atomic E-state index is 0.101. The van der Waals surface area contributed by atoms with Crippen molar-refractivity contribution in [3.8, 4) is 0 Å². The first kappa shape index (κ1) is 13.4. The zero-order valence-corrected chi connectivity index (χ0v) is 12.2. The molecule has 0 radical (unpaired) electrons. The van der Waals surface area contributed by atoms with Crippen molar-refractivity contribution in [1.82, 2.24) is 10.2 Å². The van der Waals surface area contributed by atoms with E-state index in [1.54, 1.807) is 0 Å². The lowest BCUT2D eigenvalue weighted by Gasteiger charge is -2.36. The molecule has 3 unspecified atom stereocenters. The Hall–Kier alpha value is -0.570. The second kappa shape index (κ2) is 5.82. The Morgan fingerprint density at radius 1 is 1.05 bits per heavy atom. The van der Waals surface area contributed by atoms with Gasteiger partial charge in [0.15, 0.2) is 0 Å². The van der Waals surface area contributed by atoms with E-state index < -0.39 is 0 Å². The molecule has 2 saturated heterocycles. The summed E-state index contributed by atoms with van der Waals surface area (Å²) < 4.78 is 0. The standard InChI is InChI=1S/C16H28N2O/c1-12-9-10-17-15(12)16(19)18-11-5-8-14(18)13-6-3-2-4-7-13/h12-15,17H,2-11H2,1H3. The third-order valence-electron chi connectivity index (χ3n) is 5.58. The zero-order valence-electron chi connectivity index (χ0n) is 12.2. The van der Waals surface area contributed by atoms with Crippen LogP contribution in [0.25, 0.3) is 0 Å². The quantitative estimate of drug-likeness (QED) is 0.831. The predicted octanol–water partition coefficient (Wildman–Crippen LogP) is 2.56. The van der Waals surface area contributed by atoms with Gasteiger partial charge in [0.2, 0.25) is 5.91 Å². The third-order valence-corrected chi connectivity index (χ3v) is 5.58. The SMILES string of the molecule is CC1CCNC1C(=O)N1CCCC1C1CCCCC1. The molecule has 3 fully saturated rings. The first-order valence-electron chi connectivity index (χ1n) is 8.31. The second-order valence-corrected chi connectivity index (χ2v) is 6.84. The molecule has 0 aromatic rings. The van der Waals surface area contributed by atoms with Crippen LogP contribution < -0.4 is 5.32 Å². The van der Waals surface area contributed by atoms with Gasteiger partial charge in [0.05, 0.1) is 6.04 Å². The monoisotopic (exact) mass is 264 g/mol. The summed E-state index contributed by atoms with van der Waals surface area (Å²) in [5.74, 6) is 1.70. The van der Waals surface area contributed by atoms with E-state index in [2.05, 4.69) is 17.1 Å². The lowest BCUT2D eigenvalue weighted by atomic mass is 9.82. The van der Waals surface area contributed by atoms with Gasteiger partial charge < -0.3 is 10.2 Å². The fourth-order valence-electron chi connectivity index (χ4n) is 4.42. The summed E-state index contributed by atoms with van der Waals surface area (Å²) in [5, 5.41) is 3.42. The molecule has 2 aliphatic heterocycles. The summed E-state index contributed by atoms with van der Waals surface area (Å²) >= 11 is 0. The number of nitrogens with zero attached hydrogens (tertiary/aromatic N) is 1. The van der Waals surface area contributed by atoms with Crippen LogP contribution in [0.4, 0.5) is 0 Å². The summed E-state index contributed by atoms with van der Waals surface area (Å²) in [5.41, 5.74) is 0. The van der Waals surface area contributed by atoms with Crippen LogP contribution in [-0.4, -0.2) is 36.0 Å². The highest BCUT2D eigenvalue weighted by Crippen LogP contribution is 2.35. The molecular formula is C16H28N2O. The summed E-state index contributed by atoms with van der Waals surface area (Å²) in [7, 11) is 0. The van der Waals surface area contributed by atoms with E-state index >= 15 is 0 Å². The Kier molecular flexibility index (Phi) is 4.11. The Morgan fingerprint density at radius 2 is 1.84 bits per heavy atom. The molecule has 3 aliphatic rings. The number of likely N-dealkylation sites (tertiary alicyclic amines) is 1.